The molecule has 0 unspecified atom stereocenters. The Balaban J connectivity index is 1.86. The average Bonchev–Trinajstić information content (AvgIpc) is 2.85. The number of alkyl halides is 3. The fourth-order valence-corrected chi connectivity index (χ4v) is 6.83. The summed E-state index contributed by atoms with van der Waals surface area (Å²) in [5.41, 5.74) is -5.94. The maximum absolute atomic E-state index is 13.5. The van der Waals surface area contributed by atoms with Gasteiger partial charge in [0.1, 0.15) is 4.90 Å². The van der Waals surface area contributed by atoms with E-state index in [1.54, 1.807) is 0 Å². The van der Waals surface area contributed by atoms with Crippen LogP contribution in [0.25, 0.3) is 0 Å². The van der Waals surface area contributed by atoms with Gasteiger partial charge in [0.2, 0.25) is 10.0 Å². The molecule has 0 aromatic heterocycles. The van der Waals surface area contributed by atoms with Crippen molar-refractivity contribution in [3.8, 4) is 0 Å². The molecule has 38 heavy (non-hydrogen) atoms. The number of anilines is 1. The zero-order valence-electron chi connectivity index (χ0n) is 21.2. The van der Waals surface area contributed by atoms with E-state index in [1.807, 2.05) is 30.3 Å². The molecule has 14 heteroatoms. The van der Waals surface area contributed by atoms with Crippen molar-refractivity contribution in [1.82, 2.24) is 9.80 Å². The van der Waals surface area contributed by atoms with Gasteiger partial charge >= 0.3 is 5.51 Å². The lowest BCUT2D eigenvalue weighted by Gasteiger charge is -2.36. The number of primary sulfonamides is 1. The lowest BCUT2D eigenvalue weighted by atomic mass is 10.0. The quantitative estimate of drug-likeness (QED) is 0.380. The third-order valence-corrected chi connectivity index (χ3v) is 10.1. The van der Waals surface area contributed by atoms with Gasteiger partial charge in [0.05, 0.1) is 10.6 Å². The SMILES string of the molecule is CN(C)C1CCN(CC[C@H](CSc2ccccc2)Nc2ccc(S(N)(=O)=O)cc2S(=O)(=O)C(F)(F)F)CC1. The van der Waals surface area contributed by atoms with Crippen molar-refractivity contribution in [3.63, 3.8) is 0 Å². The topological polar surface area (TPSA) is 113 Å². The number of sulfone groups is 1. The van der Waals surface area contributed by atoms with Crippen molar-refractivity contribution in [2.24, 2.45) is 5.14 Å². The largest absolute Gasteiger partial charge is 0.501 e. The first kappa shape index (κ1) is 30.7. The minimum atomic E-state index is -5.86. The van der Waals surface area contributed by atoms with E-state index in [0.717, 1.165) is 43.0 Å². The number of nitrogens with zero attached hydrogens (tertiary/aromatic N) is 2. The van der Waals surface area contributed by atoms with Crippen LogP contribution in [0.3, 0.4) is 0 Å². The first-order valence-electron chi connectivity index (χ1n) is 12.0. The van der Waals surface area contributed by atoms with E-state index in [4.69, 9.17) is 5.14 Å². The molecule has 1 aliphatic rings. The van der Waals surface area contributed by atoms with Gasteiger partial charge in [0.25, 0.3) is 9.84 Å². The van der Waals surface area contributed by atoms with Crippen LogP contribution in [0, 0.1) is 0 Å². The smallest absolute Gasteiger partial charge is 0.380 e. The van der Waals surface area contributed by atoms with E-state index in [-0.39, 0.29) is 5.69 Å². The van der Waals surface area contributed by atoms with Crippen LogP contribution in [0.4, 0.5) is 18.9 Å². The summed E-state index contributed by atoms with van der Waals surface area (Å²) in [6, 6.07) is 12.0. The second-order valence-electron chi connectivity index (χ2n) is 9.44. The van der Waals surface area contributed by atoms with E-state index in [1.165, 1.54) is 11.8 Å². The number of sulfonamides is 1. The van der Waals surface area contributed by atoms with Gasteiger partial charge in [-0.1, -0.05) is 18.2 Å². The number of rotatable bonds is 11. The second kappa shape index (κ2) is 12.6. The maximum atomic E-state index is 13.5. The third-order valence-electron chi connectivity index (χ3n) is 6.51. The van der Waals surface area contributed by atoms with Gasteiger partial charge in [0, 0.05) is 29.3 Å². The molecule has 0 bridgehead atoms. The highest BCUT2D eigenvalue weighted by atomic mass is 32.2. The van der Waals surface area contributed by atoms with Crippen LogP contribution in [0.1, 0.15) is 19.3 Å². The Bertz CT molecular complexity index is 1280. The van der Waals surface area contributed by atoms with Gasteiger partial charge in [-0.25, -0.2) is 22.0 Å². The fraction of sp³-hybridized carbons (Fsp3) is 0.500. The summed E-state index contributed by atoms with van der Waals surface area (Å²) in [7, 11) is -6.19. The average molecular weight is 595 g/mol. The molecule has 1 aliphatic heterocycles. The summed E-state index contributed by atoms with van der Waals surface area (Å²) in [4.78, 5) is 3.56. The molecule has 2 aromatic carbocycles. The standard InChI is InChI=1S/C24H33F3N4O4S3/c1-30(2)19-11-14-31(15-12-19)13-10-18(17-36-20-6-4-3-5-7-20)29-22-9-8-21(38(28,34)35)16-23(22)37(32,33)24(25,26)27/h3-9,16,18-19,29H,10-15,17H2,1-2H3,(H2,28,34,35)/t18-/m1/s1. The Labute approximate surface area is 226 Å². The number of nitrogens with two attached hydrogens (primary N) is 1. The summed E-state index contributed by atoms with van der Waals surface area (Å²) in [5.74, 6) is 0.445. The molecule has 1 atom stereocenters. The van der Waals surface area contributed by atoms with Crippen molar-refractivity contribution in [3.05, 3.63) is 48.5 Å². The predicted octanol–water partition coefficient (Wildman–Crippen LogP) is 3.62. The summed E-state index contributed by atoms with van der Waals surface area (Å²) in [6.07, 6.45) is 2.55. The predicted molar refractivity (Wildman–Crippen MR) is 143 cm³/mol. The Hall–Kier alpha value is -1.84. The molecule has 0 radical (unpaired) electrons. The minimum absolute atomic E-state index is 0.320. The Morgan fingerprint density at radius 3 is 2.26 bits per heavy atom. The van der Waals surface area contributed by atoms with E-state index in [2.05, 4.69) is 29.2 Å². The Morgan fingerprint density at radius 2 is 1.71 bits per heavy atom. The second-order valence-corrected chi connectivity index (χ2v) is 14.0. The normalized spacial score (nSPS) is 17.0. The summed E-state index contributed by atoms with van der Waals surface area (Å²) in [5, 5.41) is 8.03. The molecule has 0 spiro atoms. The molecule has 1 saturated heterocycles. The first-order chi connectivity index (χ1) is 17.7. The molecule has 212 valence electrons. The van der Waals surface area contributed by atoms with Crippen LogP contribution in [0.15, 0.2) is 63.2 Å². The molecule has 3 N–H and O–H groups in total. The molecular formula is C24H33F3N4O4S3. The molecule has 1 heterocycles. The van der Waals surface area contributed by atoms with Crippen LogP contribution in [0.2, 0.25) is 0 Å². The van der Waals surface area contributed by atoms with E-state index >= 15 is 0 Å². The lowest BCUT2D eigenvalue weighted by Crippen LogP contribution is -2.43. The highest BCUT2D eigenvalue weighted by molar-refractivity contribution is 7.99. The Morgan fingerprint density at radius 1 is 1.08 bits per heavy atom. The molecule has 2 aromatic rings. The third kappa shape index (κ3) is 8.09. The molecule has 3 rings (SSSR count). The monoisotopic (exact) mass is 594 g/mol. The first-order valence-corrected chi connectivity index (χ1v) is 16.0. The summed E-state index contributed by atoms with van der Waals surface area (Å²) in [6.45, 7) is 2.44. The number of likely N-dealkylation sites (tertiary alicyclic amines) is 1. The van der Waals surface area contributed by atoms with E-state index in [9.17, 15) is 30.0 Å². The Kier molecular flexibility index (Phi) is 10.1. The van der Waals surface area contributed by atoms with Crippen LogP contribution in [0.5, 0.6) is 0 Å². The van der Waals surface area contributed by atoms with Crippen LogP contribution >= 0.6 is 11.8 Å². The van der Waals surface area contributed by atoms with Crippen LogP contribution in [-0.4, -0.2) is 83.7 Å². The fourth-order valence-electron chi connectivity index (χ4n) is 4.27. The molecule has 0 aliphatic carbocycles. The summed E-state index contributed by atoms with van der Waals surface area (Å²) < 4.78 is 88.8. The van der Waals surface area contributed by atoms with Gasteiger partial charge in [-0.3, -0.25) is 0 Å². The van der Waals surface area contributed by atoms with Gasteiger partial charge in [-0.2, -0.15) is 13.2 Å². The number of thioether (sulfide) groups is 1. The number of benzene rings is 2. The van der Waals surface area contributed by atoms with Crippen LogP contribution in [-0.2, 0) is 19.9 Å². The van der Waals surface area contributed by atoms with Crippen molar-refractivity contribution in [1.29, 1.82) is 0 Å². The number of hydrogen-bond acceptors (Lipinski definition) is 8. The van der Waals surface area contributed by atoms with Crippen molar-refractivity contribution in [2.75, 3.05) is 44.8 Å². The number of halogens is 3. The van der Waals surface area contributed by atoms with Gasteiger partial charge in [-0.05, 0) is 76.8 Å². The molecule has 1 fully saturated rings. The minimum Gasteiger partial charge on any atom is -0.380 e. The zero-order valence-corrected chi connectivity index (χ0v) is 23.6. The van der Waals surface area contributed by atoms with Crippen molar-refractivity contribution < 1.29 is 30.0 Å². The molecule has 0 saturated carbocycles. The number of nitrogens with one attached hydrogen (secondary N) is 1. The molecule has 8 nitrogen and oxygen atoms in total. The van der Waals surface area contributed by atoms with Crippen LogP contribution < -0.4 is 10.5 Å². The van der Waals surface area contributed by atoms with Crippen molar-refractivity contribution in [2.45, 2.75) is 51.5 Å². The zero-order chi connectivity index (χ0) is 28.1. The summed E-state index contributed by atoms with van der Waals surface area (Å²) >= 11 is 1.49. The van der Waals surface area contributed by atoms with E-state index < -0.39 is 41.2 Å². The van der Waals surface area contributed by atoms with Crippen molar-refractivity contribution >= 4 is 37.3 Å². The molecule has 0 amide bonds. The highest BCUT2D eigenvalue weighted by Gasteiger charge is 2.48. The highest BCUT2D eigenvalue weighted by Crippen LogP contribution is 2.36. The van der Waals surface area contributed by atoms with Gasteiger partial charge < -0.3 is 15.1 Å². The van der Waals surface area contributed by atoms with E-state index in [0.29, 0.717) is 30.8 Å². The molecular weight excluding hydrogens is 561 g/mol. The number of hydrogen-bond donors (Lipinski definition) is 2. The van der Waals surface area contributed by atoms with Gasteiger partial charge in [-0.15, -0.1) is 11.8 Å². The maximum Gasteiger partial charge on any atom is 0.501 e. The number of piperidine rings is 1. The van der Waals surface area contributed by atoms with Gasteiger partial charge in [0.15, 0.2) is 0 Å². The lowest BCUT2D eigenvalue weighted by molar-refractivity contribution is -0.0435.